The average molecular weight is 670 g/mol. The zero-order chi connectivity index (χ0) is 33.7. The molecule has 10 rings (SSSR count). The lowest BCUT2D eigenvalue weighted by molar-refractivity contribution is 0.669. The van der Waals surface area contributed by atoms with Crippen LogP contribution in [-0.2, 0) is 0 Å². The van der Waals surface area contributed by atoms with Gasteiger partial charge in [0.25, 0.3) is 0 Å². The van der Waals surface area contributed by atoms with Gasteiger partial charge in [-0.05, 0) is 99.1 Å². The normalized spacial score (nSPS) is 12.2. The zero-order valence-corrected chi connectivity index (χ0v) is 28.5. The fourth-order valence-electron chi connectivity index (χ4n) is 7.26. The van der Waals surface area contributed by atoms with Crippen LogP contribution in [0.25, 0.3) is 66.4 Å². The minimum atomic E-state index is 0.920. The van der Waals surface area contributed by atoms with E-state index in [0.29, 0.717) is 0 Å². The van der Waals surface area contributed by atoms with Crippen LogP contribution in [0.5, 0.6) is 0 Å². The first-order valence-electron chi connectivity index (χ1n) is 17.2. The number of hydrogen-bond acceptors (Lipinski definition) is 3. The third-order valence-corrected chi connectivity index (χ3v) is 11.0. The minimum Gasteiger partial charge on any atom is -0.456 e. The number of furan rings is 1. The first kappa shape index (κ1) is 29.6. The van der Waals surface area contributed by atoms with E-state index in [0.717, 1.165) is 27.6 Å². The lowest BCUT2D eigenvalue weighted by atomic mass is 9.98. The van der Waals surface area contributed by atoms with Gasteiger partial charge >= 0.3 is 0 Å². The van der Waals surface area contributed by atoms with Crippen molar-refractivity contribution < 1.29 is 4.42 Å². The zero-order valence-electron chi connectivity index (χ0n) is 27.7. The van der Waals surface area contributed by atoms with Crippen molar-refractivity contribution in [2.75, 3.05) is 4.90 Å². The van der Waals surface area contributed by atoms with Crippen molar-refractivity contribution in [1.29, 1.82) is 0 Å². The Morgan fingerprint density at radius 3 is 1.55 bits per heavy atom. The third-order valence-electron chi connectivity index (χ3n) is 9.91. The molecular formula is C48H31NOS. The van der Waals surface area contributed by atoms with E-state index >= 15 is 0 Å². The van der Waals surface area contributed by atoms with Gasteiger partial charge in [0.15, 0.2) is 0 Å². The van der Waals surface area contributed by atoms with E-state index in [4.69, 9.17) is 4.42 Å². The Balaban J connectivity index is 0.941. The maximum atomic E-state index is 6.05. The molecule has 9 aromatic rings. The van der Waals surface area contributed by atoms with Crippen LogP contribution in [0.2, 0.25) is 0 Å². The topological polar surface area (TPSA) is 16.4 Å². The van der Waals surface area contributed by atoms with E-state index in [1.807, 2.05) is 23.9 Å². The summed E-state index contributed by atoms with van der Waals surface area (Å²) in [5.74, 6) is 0. The quantitative estimate of drug-likeness (QED) is 0.181. The average Bonchev–Trinajstić information content (AvgIpc) is 3.58. The molecule has 240 valence electrons. The van der Waals surface area contributed by atoms with Crippen LogP contribution >= 0.6 is 11.8 Å². The van der Waals surface area contributed by atoms with Crippen LogP contribution < -0.4 is 4.90 Å². The molecule has 0 N–H and O–H groups in total. The summed E-state index contributed by atoms with van der Waals surface area (Å²) in [7, 11) is 0. The van der Waals surface area contributed by atoms with Crippen LogP contribution in [0, 0.1) is 0 Å². The van der Waals surface area contributed by atoms with Gasteiger partial charge in [-0.15, -0.1) is 0 Å². The Kier molecular flexibility index (Phi) is 7.11. The van der Waals surface area contributed by atoms with Gasteiger partial charge in [0.05, 0.1) is 11.4 Å². The molecule has 8 aromatic carbocycles. The van der Waals surface area contributed by atoms with E-state index in [2.05, 4.69) is 181 Å². The lowest BCUT2D eigenvalue weighted by Gasteiger charge is -2.33. The third kappa shape index (κ3) is 5.31. The highest BCUT2D eigenvalue weighted by atomic mass is 32.2. The molecule has 0 saturated heterocycles. The number of benzene rings is 8. The first-order chi connectivity index (χ1) is 25.2. The van der Waals surface area contributed by atoms with Crippen LogP contribution in [0.3, 0.4) is 0 Å². The molecule has 0 saturated carbocycles. The number of anilines is 3. The number of fused-ring (bicyclic) bond motifs is 5. The molecule has 51 heavy (non-hydrogen) atoms. The Hall–Kier alpha value is -6.29. The second-order valence-corrected chi connectivity index (χ2v) is 14.0. The van der Waals surface area contributed by atoms with Crippen molar-refractivity contribution in [3.8, 4) is 44.5 Å². The van der Waals surface area contributed by atoms with Gasteiger partial charge in [-0.25, -0.2) is 0 Å². The molecule has 0 atom stereocenters. The highest BCUT2D eigenvalue weighted by molar-refractivity contribution is 7.99. The molecule has 0 unspecified atom stereocenters. The monoisotopic (exact) mass is 669 g/mol. The van der Waals surface area contributed by atoms with Crippen molar-refractivity contribution in [2.45, 2.75) is 9.79 Å². The van der Waals surface area contributed by atoms with E-state index in [-0.39, 0.29) is 0 Å². The highest BCUT2D eigenvalue weighted by Gasteiger charge is 2.25. The summed E-state index contributed by atoms with van der Waals surface area (Å²) in [6.07, 6.45) is 0. The van der Waals surface area contributed by atoms with Gasteiger partial charge in [0, 0.05) is 26.3 Å². The standard InChI is InChI=1S/C48H31NOS/c1-2-8-32(9-3-1)33-14-20-37(21-15-33)39-24-28-44-48(31-39)51-47-13-7-5-11-43(47)49(44)40-26-22-35(23-27-40)34-16-18-36(19-17-34)38-25-29-46-42(30-38)41-10-4-6-12-45(41)50-46/h1-31H. The fraction of sp³-hybridized carbons (Fsp3) is 0. The van der Waals surface area contributed by atoms with Crippen LogP contribution in [0.1, 0.15) is 0 Å². The molecule has 1 aliphatic rings. The summed E-state index contributed by atoms with van der Waals surface area (Å²) in [6.45, 7) is 0. The smallest absolute Gasteiger partial charge is 0.135 e. The van der Waals surface area contributed by atoms with Gasteiger partial charge in [-0.2, -0.15) is 0 Å². The van der Waals surface area contributed by atoms with Gasteiger partial charge in [-0.3, -0.25) is 0 Å². The maximum Gasteiger partial charge on any atom is 0.135 e. The van der Waals surface area contributed by atoms with E-state index in [1.54, 1.807) is 0 Å². The number of para-hydroxylation sites is 2. The first-order valence-corrected chi connectivity index (χ1v) is 18.1. The fourth-order valence-corrected chi connectivity index (χ4v) is 8.36. The molecule has 0 aliphatic carbocycles. The predicted octanol–water partition coefficient (Wildman–Crippen LogP) is 14.2. The summed E-state index contributed by atoms with van der Waals surface area (Å²) < 4.78 is 6.05. The summed E-state index contributed by atoms with van der Waals surface area (Å²) in [6, 6.07) is 67.5. The minimum absolute atomic E-state index is 0.920. The van der Waals surface area contributed by atoms with Crippen molar-refractivity contribution in [3.05, 3.63) is 188 Å². The van der Waals surface area contributed by atoms with E-state index < -0.39 is 0 Å². The van der Waals surface area contributed by atoms with Gasteiger partial charge < -0.3 is 9.32 Å². The Morgan fingerprint density at radius 1 is 0.333 bits per heavy atom. The molecule has 2 heterocycles. The molecular weight excluding hydrogens is 639 g/mol. The maximum absolute atomic E-state index is 6.05. The molecule has 0 spiro atoms. The largest absolute Gasteiger partial charge is 0.456 e. The second-order valence-electron chi connectivity index (χ2n) is 13.0. The Morgan fingerprint density at radius 2 is 0.824 bits per heavy atom. The van der Waals surface area contributed by atoms with E-state index in [9.17, 15) is 0 Å². The molecule has 3 heteroatoms. The summed E-state index contributed by atoms with van der Waals surface area (Å²) in [5.41, 5.74) is 15.0. The molecule has 1 aliphatic heterocycles. The van der Waals surface area contributed by atoms with Crippen LogP contribution in [0.15, 0.2) is 202 Å². The van der Waals surface area contributed by atoms with Crippen molar-refractivity contribution in [1.82, 2.24) is 0 Å². The van der Waals surface area contributed by atoms with Gasteiger partial charge in [-0.1, -0.05) is 145 Å². The van der Waals surface area contributed by atoms with Crippen molar-refractivity contribution in [3.63, 3.8) is 0 Å². The van der Waals surface area contributed by atoms with Gasteiger partial charge in [0.2, 0.25) is 0 Å². The molecule has 2 nitrogen and oxygen atoms in total. The molecule has 0 bridgehead atoms. The van der Waals surface area contributed by atoms with Crippen LogP contribution in [0.4, 0.5) is 17.1 Å². The lowest BCUT2D eigenvalue weighted by Crippen LogP contribution is -2.14. The van der Waals surface area contributed by atoms with E-state index in [1.165, 1.54) is 65.7 Å². The summed E-state index contributed by atoms with van der Waals surface area (Å²) in [4.78, 5) is 4.90. The molecule has 0 amide bonds. The number of nitrogens with zero attached hydrogens (tertiary/aromatic N) is 1. The Bertz CT molecular complexity index is 2690. The molecule has 0 fully saturated rings. The Labute approximate surface area is 301 Å². The van der Waals surface area contributed by atoms with Gasteiger partial charge in [0.1, 0.15) is 11.2 Å². The highest BCUT2D eigenvalue weighted by Crippen LogP contribution is 2.52. The number of hydrogen-bond donors (Lipinski definition) is 0. The number of rotatable bonds is 5. The second kappa shape index (κ2) is 12.2. The predicted molar refractivity (Wildman–Crippen MR) is 214 cm³/mol. The van der Waals surface area contributed by atoms with Crippen molar-refractivity contribution in [2.24, 2.45) is 0 Å². The summed E-state index contributed by atoms with van der Waals surface area (Å²) >= 11 is 1.84. The SMILES string of the molecule is c1ccc(-c2ccc(-c3ccc4c(c3)Sc3ccccc3N4c3ccc(-c4ccc(-c5ccc6oc7ccccc7c6c5)cc4)cc3)cc2)cc1. The van der Waals surface area contributed by atoms with Crippen LogP contribution in [-0.4, -0.2) is 0 Å². The molecule has 0 radical (unpaired) electrons. The van der Waals surface area contributed by atoms with Crippen molar-refractivity contribution >= 4 is 50.8 Å². The summed E-state index contributed by atoms with van der Waals surface area (Å²) in [5, 5.41) is 2.30. The molecule has 1 aromatic heterocycles.